The molecule has 0 N–H and O–H groups in total. The van der Waals surface area contributed by atoms with Gasteiger partial charge in [0, 0.05) is 52.3 Å². The zero-order chi connectivity index (χ0) is 21.9. The first kappa shape index (κ1) is 22.0. The summed E-state index contributed by atoms with van der Waals surface area (Å²) in [5.74, 6) is -0.298. The Morgan fingerprint density at radius 1 is 1.00 bits per heavy atom. The van der Waals surface area contributed by atoms with E-state index in [-0.39, 0.29) is 29.8 Å². The third kappa shape index (κ3) is 4.71. The molecule has 1 aliphatic heterocycles. The largest absolute Gasteiger partial charge is 0.340 e. The van der Waals surface area contributed by atoms with Crippen LogP contribution in [-0.4, -0.2) is 67.6 Å². The lowest BCUT2D eigenvalue weighted by molar-refractivity contribution is -0.129. The molecule has 1 fully saturated rings. The SMILES string of the molecule is CC(=O)N1CCN(S(=O)(=O)c2cccc(C(=O)N(C)Cc3ccccc3C)c2)CC1. The van der Waals surface area contributed by atoms with Crippen molar-refractivity contribution in [2.45, 2.75) is 25.3 Å². The Hall–Kier alpha value is -2.71. The molecule has 2 aromatic carbocycles. The number of sulfonamides is 1. The minimum atomic E-state index is -3.73. The highest BCUT2D eigenvalue weighted by Crippen LogP contribution is 2.20. The van der Waals surface area contributed by atoms with Crippen LogP contribution in [0.3, 0.4) is 0 Å². The molecule has 7 nitrogen and oxygen atoms in total. The van der Waals surface area contributed by atoms with Crippen LogP contribution in [0.5, 0.6) is 0 Å². The number of rotatable bonds is 5. The molecule has 0 atom stereocenters. The molecule has 2 aromatic rings. The van der Waals surface area contributed by atoms with Crippen molar-refractivity contribution < 1.29 is 18.0 Å². The minimum absolute atomic E-state index is 0.0590. The van der Waals surface area contributed by atoms with E-state index in [2.05, 4.69) is 0 Å². The van der Waals surface area contributed by atoms with Crippen LogP contribution in [0.15, 0.2) is 53.4 Å². The average molecular weight is 430 g/mol. The number of aryl methyl sites for hydroxylation is 1. The predicted molar refractivity (Wildman–Crippen MR) is 114 cm³/mol. The van der Waals surface area contributed by atoms with Crippen LogP contribution in [0, 0.1) is 6.92 Å². The molecule has 1 aliphatic rings. The molecule has 0 aliphatic carbocycles. The first-order chi connectivity index (χ1) is 14.2. The average Bonchev–Trinajstić information content (AvgIpc) is 2.75. The van der Waals surface area contributed by atoms with Crippen LogP contribution >= 0.6 is 0 Å². The number of amides is 2. The van der Waals surface area contributed by atoms with E-state index in [0.29, 0.717) is 25.2 Å². The van der Waals surface area contributed by atoms with E-state index >= 15 is 0 Å². The smallest absolute Gasteiger partial charge is 0.253 e. The van der Waals surface area contributed by atoms with Gasteiger partial charge in [0.05, 0.1) is 4.90 Å². The van der Waals surface area contributed by atoms with Gasteiger partial charge >= 0.3 is 0 Å². The standard InChI is InChI=1S/C22H27N3O4S/c1-17-7-4-5-8-20(17)16-23(3)22(27)19-9-6-10-21(15-19)30(28,29)25-13-11-24(12-14-25)18(2)26/h4-10,15H,11-14,16H2,1-3H3. The Labute approximate surface area is 177 Å². The summed E-state index contributed by atoms with van der Waals surface area (Å²) in [5, 5.41) is 0. The van der Waals surface area contributed by atoms with Crippen molar-refractivity contribution >= 4 is 21.8 Å². The topological polar surface area (TPSA) is 78.0 Å². The van der Waals surface area contributed by atoms with Crippen molar-refractivity contribution in [1.29, 1.82) is 0 Å². The first-order valence-electron chi connectivity index (χ1n) is 9.86. The first-order valence-corrected chi connectivity index (χ1v) is 11.3. The van der Waals surface area contributed by atoms with Gasteiger partial charge < -0.3 is 9.80 Å². The van der Waals surface area contributed by atoms with Crippen LogP contribution < -0.4 is 0 Å². The molecule has 1 saturated heterocycles. The van der Waals surface area contributed by atoms with E-state index in [1.807, 2.05) is 31.2 Å². The molecular formula is C22H27N3O4S. The van der Waals surface area contributed by atoms with Crippen LogP contribution in [0.2, 0.25) is 0 Å². The Balaban J connectivity index is 1.76. The number of carbonyl (C=O) groups is 2. The van der Waals surface area contributed by atoms with Crippen molar-refractivity contribution in [1.82, 2.24) is 14.1 Å². The second-order valence-corrected chi connectivity index (χ2v) is 9.46. The second-order valence-electron chi connectivity index (χ2n) is 7.53. The van der Waals surface area contributed by atoms with E-state index in [1.54, 1.807) is 29.0 Å². The summed E-state index contributed by atoms with van der Waals surface area (Å²) in [6.07, 6.45) is 0. The van der Waals surface area contributed by atoms with Crippen molar-refractivity contribution in [2.75, 3.05) is 33.2 Å². The fourth-order valence-corrected chi connectivity index (χ4v) is 4.99. The number of hydrogen-bond acceptors (Lipinski definition) is 4. The number of hydrogen-bond donors (Lipinski definition) is 0. The Bertz CT molecular complexity index is 1040. The van der Waals surface area contributed by atoms with Gasteiger partial charge in [0.2, 0.25) is 15.9 Å². The molecule has 0 radical (unpaired) electrons. The van der Waals surface area contributed by atoms with Crippen molar-refractivity contribution in [3.05, 3.63) is 65.2 Å². The molecule has 8 heteroatoms. The number of piperazine rings is 1. The van der Waals surface area contributed by atoms with E-state index < -0.39 is 10.0 Å². The molecule has 30 heavy (non-hydrogen) atoms. The van der Waals surface area contributed by atoms with E-state index in [0.717, 1.165) is 11.1 Å². The number of carbonyl (C=O) groups excluding carboxylic acids is 2. The predicted octanol–water partition coefficient (Wildman–Crippen LogP) is 2.12. The summed E-state index contributed by atoms with van der Waals surface area (Å²) in [6, 6.07) is 14.0. The van der Waals surface area contributed by atoms with E-state index in [4.69, 9.17) is 0 Å². The molecule has 1 heterocycles. The summed E-state index contributed by atoms with van der Waals surface area (Å²) in [6.45, 7) is 5.13. The van der Waals surface area contributed by atoms with Gasteiger partial charge in [0.25, 0.3) is 5.91 Å². The summed E-state index contributed by atoms with van der Waals surface area (Å²) in [5.41, 5.74) is 2.47. The molecule has 2 amide bonds. The van der Waals surface area contributed by atoms with Gasteiger partial charge in [-0.05, 0) is 36.2 Å². The maximum Gasteiger partial charge on any atom is 0.253 e. The quantitative estimate of drug-likeness (QED) is 0.729. The van der Waals surface area contributed by atoms with Crippen LogP contribution in [-0.2, 0) is 21.4 Å². The molecule has 0 aromatic heterocycles. The number of benzene rings is 2. The molecule has 0 spiro atoms. The highest BCUT2D eigenvalue weighted by Gasteiger charge is 2.29. The van der Waals surface area contributed by atoms with Gasteiger partial charge in [-0.15, -0.1) is 0 Å². The Morgan fingerprint density at radius 2 is 1.67 bits per heavy atom. The molecular weight excluding hydrogens is 402 g/mol. The third-order valence-corrected chi connectivity index (χ3v) is 7.31. The van der Waals surface area contributed by atoms with E-state index in [1.165, 1.54) is 23.4 Å². The zero-order valence-corrected chi connectivity index (χ0v) is 18.4. The summed E-state index contributed by atoms with van der Waals surface area (Å²) in [4.78, 5) is 27.7. The Kier molecular flexibility index (Phi) is 6.58. The zero-order valence-electron chi connectivity index (χ0n) is 17.5. The van der Waals surface area contributed by atoms with Crippen LogP contribution in [0.25, 0.3) is 0 Å². The third-order valence-electron chi connectivity index (χ3n) is 5.42. The fraction of sp³-hybridized carbons (Fsp3) is 0.364. The maximum absolute atomic E-state index is 13.0. The van der Waals surface area contributed by atoms with Crippen LogP contribution in [0.1, 0.15) is 28.4 Å². The van der Waals surface area contributed by atoms with Gasteiger partial charge in [-0.25, -0.2) is 8.42 Å². The number of nitrogens with zero attached hydrogens (tertiary/aromatic N) is 3. The normalized spacial score (nSPS) is 15.1. The van der Waals surface area contributed by atoms with E-state index in [9.17, 15) is 18.0 Å². The second kappa shape index (κ2) is 8.97. The lowest BCUT2D eigenvalue weighted by Crippen LogP contribution is -2.49. The molecule has 0 saturated carbocycles. The van der Waals surface area contributed by atoms with Crippen molar-refractivity contribution in [2.24, 2.45) is 0 Å². The fourth-order valence-electron chi connectivity index (χ4n) is 3.52. The Morgan fingerprint density at radius 3 is 2.30 bits per heavy atom. The minimum Gasteiger partial charge on any atom is -0.340 e. The van der Waals surface area contributed by atoms with Gasteiger partial charge in [0.15, 0.2) is 0 Å². The summed E-state index contributed by atoms with van der Waals surface area (Å²) in [7, 11) is -2.03. The monoisotopic (exact) mass is 429 g/mol. The van der Waals surface area contributed by atoms with Crippen molar-refractivity contribution in [3.63, 3.8) is 0 Å². The summed E-state index contributed by atoms with van der Waals surface area (Å²) < 4.78 is 27.5. The molecule has 0 unspecified atom stereocenters. The lowest BCUT2D eigenvalue weighted by atomic mass is 10.1. The maximum atomic E-state index is 13.0. The van der Waals surface area contributed by atoms with Gasteiger partial charge in [-0.2, -0.15) is 4.31 Å². The van der Waals surface area contributed by atoms with Gasteiger partial charge in [-0.1, -0.05) is 30.3 Å². The highest BCUT2D eigenvalue weighted by molar-refractivity contribution is 7.89. The van der Waals surface area contributed by atoms with Crippen LogP contribution in [0.4, 0.5) is 0 Å². The van der Waals surface area contributed by atoms with Gasteiger partial charge in [0.1, 0.15) is 0 Å². The highest BCUT2D eigenvalue weighted by atomic mass is 32.2. The molecule has 0 bridgehead atoms. The lowest BCUT2D eigenvalue weighted by Gasteiger charge is -2.33. The molecule has 3 rings (SSSR count). The summed E-state index contributed by atoms with van der Waals surface area (Å²) >= 11 is 0. The van der Waals surface area contributed by atoms with Crippen molar-refractivity contribution in [3.8, 4) is 0 Å². The van der Waals surface area contributed by atoms with Gasteiger partial charge in [-0.3, -0.25) is 9.59 Å². The molecule has 160 valence electrons.